The number of anilines is 1. The van der Waals surface area contributed by atoms with E-state index in [4.69, 9.17) is 5.73 Å². The minimum Gasteiger partial charge on any atom is -0.369 e. The molecule has 3 N–H and O–H groups in total. The predicted octanol–water partition coefficient (Wildman–Crippen LogP) is 0.948. The Morgan fingerprint density at radius 2 is 2.06 bits per heavy atom. The van der Waals surface area contributed by atoms with Gasteiger partial charge in [0.2, 0.25) is 5.91 Å². The van der Waals surface area contributed by atoms with Crippen molar-refractivity contribution in [3.05, 3.63) is 24.5 Å². The van der Waals surface area contributed by atoms with E-state index in [1.807, 2.05) is 6.07 Å². The van der Waals surface area contributed by atoms with Gasteiger partial charge in [0, 0.05) is 18.9 Å². The largest absolute Gasteiger partial charge is 0.369 e. The molecule has 2 rings (SSSR count). The van der Waals surface area contributed by atoms with Crippen molar-refractivity contribution in [2.24, 2.45) is 11.1 Å². The van der Waals surface area contributed by atoms with Crippen LogP contribution in [0.25, 0.3) is 11.2 Å². The van der Waals surface area contributed by atoms with Gasteiger partial charge < -0.3 is 11.1 Å². The van der Waals surface area contributed by atoms with Gasteiger partial charge in [-0.15, -0.1) is 0 Å². The molecule has 0 aliphatic heterocycles. The van der Waals surface area contributed by atoms with Gasteiger partial charge in [-0.1, -0.05) is 0 Å². The number of primary amides is 1. The number of carbonyl (C=O) groups is 1. The van der Waals surface area contributed by atoms with E-state index in [-0.39, 0.29) is 5.91 Å². The van der Waals surface area contributed by atoms with Gasteiger partial charge in [0.25, 0.3) is 0 Å². The third-order valence-electron chi connectivity index (χ3n) is 2.71. The molecule has 18 heavy (non-hydrogen) atoms. The number of nitrogens with two attached hydrogens (primary N) is 1. The summed E-state index contributed by atoms with van der Waals surface area (Å²) in [6.45, 7) is 3.98. The Balaban J connectivity index is 2.15. The van der Waals surface area contributed by atoms with Crippen molar-refractivity contribution in [2.45, 2.75) is 13.8 Å². The van der Waals surface area contributed by atoms with Crippen LogP contribution in [-0.4, -0.2) is 27.4 Å². The number of hydrogen-bond acceptors (Lipinski definition) is 5. The molecule has 0 unspecified atom stereocenters. The lowest BCUT2D eigenvalue weighted by atomic mass is 9.93. The summed E-state index contributed by atoms with van der Waals surface area (Å²) in [6.07, 6.45) is 3.21. The fraction of sp³-hybridized carbons (Fsp3) is 0.333. The second-order valence-corrected chi connectivity index (χ2v) is 4.70. The molecule has 0 spiro atoms. The monoisotopic (exact) mass is 245 g/mol. The fourth-order valence-electron chi connectivity index (χ4n) is 1.35. The molecule has 2 heterocycles. The lowest BCUT2D eigenvalue weighted by Gasteiger charge is -2.20. The Morgan fingerprint density at radius 1 is 1.33 bits per heavy atom. The third-order valence-corrected chi connectivity index (χ3v) is 2.71. The van der Waals surface area contributed by atoms with Crippen molar-refractivity contribution in [1.29, 1.82) is 0 Å². The van der Waals surface area contributed by atoms with E-state index in [9.17, 15) is 4.79 Å². The van der Waals surface area contributed by atoms with Gasteiger partial charge in [-0.05, 0) is 26.0 Å². The first-order valence-electron chi connectivity index (χ1n) is 5.60. The van der Waals surface area contributed by atoms with Crippen molar-refractivity contribution in [3.8, 4) is 0 Å². The lowest BCUT2D eigenvalue weighted by molar-refractivity contribution is -0.125. The highest BCUT2D eigenvalue weighted by atomic mass is 16.1. The van der Waals surface area contributed by atoms with Gasteiger partial charge >= 0.3 is 0 Å². The molecule has 0 aliphatic carbocycles. The molecule has 94 valence electrons. The zero-order valence-corrected chi connectivity index (χ0v) is 10.3. The summed E-state index contributed by atoms with van der Waals surface area (Å²) >= 11 is 0. The molecule has 0 atom stereocenters. The zero-order chi connectivity index (χ0) is 13.2. The zero-order valence-electron chi connectivity index (χ0n) is 10.3. The summed E-state index contributed by atoms with van der Waals surface area (Å²) in [5, 5.41) is 3.08. The Kier molecular flexibility index (Phi) is 3.10. The summed E-state index contributed by atoms with van der Waals surface area (Å²) in [4.78, 5) is 23.7. The van der Waals surface area contributed by atoms with Crippen LogP contribution in [0.4, 0.5) is 5.82 Å². The van der Waals surface area contributed by atoms with Gasteiger partial charge in [-0.2, -0.15) is 0 Å². The van der Waals surface area contributed by atoms with Crippen LogP contribution in [0, 0.1) is 5.41 Å². The van der Waals surface area contributed by atoms with E-state index >= 15 is 0 Å². The molecule has 6 nitrogen and oxygen atoms in total. The minimum absolute atomic E-state index is 0.351. The van der Waals surface area contributed by atoms with Crippen LogP contribution in [0.3, 0.4) is 0 Å². The van der Waals surface area contributed by atoms with Crippen molar-refractivity contribution in [1.82, 2.24) is 15.0 Å². The number of rotatable bonds is 4. The van der Waals surface area contributed by atoms with E-state index in [1.165, 1.54) is 0 Å². The van der Waals surface area contributed by atoms with Crippen LogP contribution in [0.5, 0.6) is 0 Å². The topological polar surface area (TPSA) is 93.8 Å². The van der Waals surface area contributed by atoms with Crippen molar-refractivity contribution in [2.75, 3.05) is 11.9 Å². The molecular weight excluding hydrogens is 230 g/mol. The maximum absolute atomic E-state index is 11.2. The van der Waals surface area contributed by atoms with Crippen LogP contribution in [-0.2, 0) is 4.79 Å². The van der Waals surface area contributed by atoms with E-state index in [2.05, 4.69) is 20.3 Å². The van der Waals surface area contributed by atoms with Gasteiger partial charge in [0.15, 0.2) is 5.65 Å². The number of amides is 1. The molecular formula is C12H15N5O. The number of aromatic nitrogens is 3. The van der Waals surface area contributed by atoms with Gasteiger partial charge in [-0.25, -0.2) is 9.97 Å². The molecule has 1 amide bonds. The number of nitrogens with one attached hydrogen (secondary N) is 1. The number of hydrogen-bond donors (Lipinski definition) is 2. The summed E-state index contributed by atoms with van der Waals surface area (Å²) < 4.78 is 0. The van der Waals surface area contributed by atoms with Crippen LogP contribution < -0.4 is 11.1 Å². The van der Waals surface area contributed by atoms with Crippen molar-refractivity contribution < 1.29 is 4.79 Å². The molecule has 0 fully saturated rings. The second kappa shape index (κ2) is 4.56. The number of pyridine rings is 1. The van der Waals surface area contributed by atoms with Crippen LogP contribution >= 0.6 is 0 Å². The minimum atomic E-state index is -0.626. The third kappa shape index (κ3) is 2.53. The first kappa shape index (κ1) is 12.2. The molecule has 0 bridgehead atoms. The van der Waals surface area contributed by atoms with E-state index < -0.39 is 5.41 Å². The number of nitrogens with zero attached hydrogens (tertiary/aromatic N) is 3. The standard InChI is InChI=1S/C12H15N5O/c1-12(2,11(13)18)7-16-9-4-3-8-10(17-9)15-6-5-14-8/h3-6H,7H2,1-2H3,(H2,13,18)(H,15,16,17). The van der Waals surface area contributed by atoms with Crippen molar-refractivity contribution in [3.63, 3.8) is 0 Å². The molecule has 0 saturated heterocycles. The summed E-state index contributed by atoms with van der Waals surface area (Å²) in [6, 6.07) is 3.63. The van der Waals surface area contributed by atoms with Crippen molar-refractivity contribution >= 4 is 22.9 Å². The molecule has 0 radical (unpaired) electrons. The Labute approximate surface area is 105 Å². The van der Waals surface area contributed by atoms with Crippen LogP contribution in [0.15, 0.2) is 24.5 Å². The molecule has 0 aliphatic rings. The maximum Gasteiger partial charge on any atom is 0.224 e. The van der Waals surface area contributed by atoms with E-state index in [0.29, 0.717) is 18.0 Å². The first-order valence-corrected chi connectivity index (χ1v) is 5.60. The second-order valence-electron chi connectivity index (χ2n) is 4.70. The highest BCUT2D eigenvalue weighted by Crippen LogP contribution is 2.16. The fourth-order valence-corrected chi connectivity index (χ4v) is 1.35. The Hall–Kier alpha value is -2.24. The van der Waals surface area contributed by atoms with E-state index in [1.54, 1.807) is 32.3 Å². The first-order chi connectivity index (χ1) is 8.49. The molecule has 0 saturated carbocycles. The molecule has 2 aromatic rings. The average molecular weight is 245 g/mol. The summed E-state index contributed by atoms with van der Waals surface area (Å²) in [5.41, 5.74) is 5.98. The quantitative estimate of drug-likeness (QED) is 0.836. The SMILES string of the molecule is CC(C)(CNc1ccc2nccnc2n1)C(N)=O. The van der Waals surface area contributed by atoms with Crippen LogP contribution in [0.2, 0.25) is 0 Å². The maximum atomic E-state index is 11.2. The lowest BCUT2D eigenvalue weighted by Crippen LogP contribution is -2.37. The van der Waals surface area contributed by atoms with Gasteiger partial charge in [0.1, 0.15) is 11.3 Å². The molecule has 6 heteroatoms. The smallest absolute Gasteiger partial charge is 0.224 e. The summed E-state index contributed by atoms with van der Waals surface area (Å²) in [7, 11) is 0. The Morgan fingerprint density at radius 3 is 2.78 bits per heavy atom. The highest BCUT2D eigenvalue weighted by Gasteiger charge is 2.24. The number of fused-ring (bicyclic) bond motifs is 1. The summed E-state index contributed by atoms with van der Waals surface area (Å²) in [5.74, 6) is 0.299. The number of carbonyl (C=O) groups excluding carboxylic acids is 1. The Bertz CT molecular complexity index is 581. The normalized spacial score (nSPS) is 11.4. The molecule has 2 aromatic heterocycles. The van der Waals surface area contributed by atoms with Gasteiger partial charge in [-0.3, -0.25) is 9.78 Å². The average Bonchev–Trinajstić information content (AvgIpc) is 2.36. The highest BCUT2D eigenvalue weighted by molar-refractivity contribution is 5.80. The van der Waals surface area contributed by atoms with Gasteiger partial charge in [0.05, 0.1) is 5.41 Å². The van der Waals surface area contributed by atoms with Crippen LogP contribution in [0.1, 0.15) is 13.8 Å². The predicted molar refractivity (Wildman–Crippen MR) is 68.8 cm³/mol. The van der Waals surface area contributed by atoms with E-state index in [0.717, 1.165) is 5.52 Å². The molecule has 0 aromatic carbocycles.